The number of hydrogen-bond donors (Lipinski definition) is 2. The van der Waals surface area contributed by atoms with E-state index in [0.29, 0.717) is 17.0 Å². The van der Waals surface area contributed by atoms with E-state index in [0.717, 1.165) is 24.6 Å². The number of carbonyl (C=O) groups is 2. The van der Waals surface area contributed by atoms with Crippen molar-refractivity contribution in [3.05, 3.63) is 29.8 Å². The lowest BCUT2D eigenvalue weighted by molar-refractivity contribution is -0.136. The maximum Gasteiger partial charge on any atom is 0.316 e. The quantitative estimate of drug-likeness (QED) is 0.676. The Kier molecular flexibility index (Phi) is 5.59. The van der Waals surface area contributed by atoms with Gasteiger partial charge in [-0.1, -0.05) is 12.1 Å². The average Bonchev–Trinajstić information content (AvgIpc) is 3.23. The molecule has 1 amide bonds. The van der Waals surface area contributed by atoms with Crippen molar-refractivity contribution < 1.29 is 23.1 Å². The van der Waals surface area contributed by atoms with Gasteiger partial charge in [0.05, 0.1) is 11.3 Å². The number of amides is 1. The number of carboxylic acids is 1. The zero-order valence-electron chi connectivity index (χ0n) is 13.6. The van der Waals surface area contributed by atoms with E-state index in [1.54, 1.807) is 31.2 Å². The summed E-state index contributed by atoms with van der Waals surface area (Å²) in [6, 6.07) is 6.82. The fourth-order valence-electron chi connectivity index (χ4n) is 2.47. The highest BCUT2D eigenvalue weighted by atomic mass is 32.2. The molecule has 0 saturated heterocycles. The molecule has 6 nitrogen and oxygen atoms in total. The van der Waals surface area contributed by atoms with Crippen molar-refractivity contribution in [1.29, 1.82) is 0 Å². The molecule has 0 aromatic heterocycles. The second kappa shape index (κ2) is 7.14. The van der Waals surface area contributed by atoms with Crippen LogP contribution in [0, 0.1) is 5.41 Å². The number of carbonyl (C=O) groups excluding carboxylic acids is 1. The Hall–Kier alpha value is -1.54. The Morgan fingerprint density at radius 1 is 1.33 bits per heavy atom. The molecule has 1 fully saturated rings. The standard InChI is InChI=1S/C16H21NO5S2/c1-11(15(19)20)23-13-6-4-3-5-12(13)14(18)17-9-16(7-8-16)10-24(2,21)22/h3-6,11H,7-10H2,1-2H3,(H,17,18)(H,19,20). The van der Waals surface area contributed by atoms with Gasteiger partial charge >= 0.3 is 5.97 Å². The SMILES string of the molecule is CC(Sc1ccccc1C(=O)NCC1(CS(C)(=O)=O)CC1)C(=O)O. The molecule has 0 aliphatic heterocycles. The summed E-state index contributed by atoms with van der Waals surface area (Å²) in [6.45, 7) is 1.87. The van der Waals surface area contributed by atoms with Gasteiger partial charge in [-0.25, -0.2) is 8.42 Å². The van der Waals surface area contributed by atoms with Crippen LogP contribution in [0.2, 0.25) is 0 Å². The van der Waals surface area contributed by atoms with E-state index in [-0.39, 0.29) is 17.1 Å². The molecule has 1 aromatic carbocycles. The molecule has 1 saturated carbocycles. The van der Waals surface area contributed by atoms with E-state index >= 15 is 0 Å². The first-order valence-corrected chi connectivity index (χ1v) is 10.5. The van der Waals surface area contributed by atoms with E-state index in [2.05, 4.69) is 5.32 Å². The molecule has 0 radical (unpaired) electrons. The number of rotatable bonds is 8. The van der Waals surface area contributed by atoms with Gasteiger partial charge in [-0.05, 0) is 31.9 Å². The van der Waals surface area contributed by atoms with Crippen LogP contribution in [-0.2, 0) is 14.6 Å². The molecule has 0 bridgehead atoms. The fourth-order valence-corrected chi connectivity index (χ4v) is 4.90. The maximum atomic E-state index is 12.4. The number of sulfone groups is 1. The van der Waals surface area contributed by atoms with Crippen LogP contribution in [0.15, 0.2) is 29.2 Å². The fraction of sp³-hybridized carbons (Fsp3) is 0.500. The second-order valence-electron chi connectivity index (χ2n) is 6.35. The van der Waals surface area contributed by atoms with Crippen molar-refractivity contribution in [2.45, 2.75) is 29.9 Å². The first kappa shape index (κ1) is 18.8. The van der Waals surface area contributed by atoms with Gasteiger partial charge in [0.15, 0.2) is 0 Å². The topological polar surface area (TPSA) is 101 Å². The highest BCUT2D eigenvalue weighted by molar-refractivity contribution is 8.00. The number of aliphatic carboxylic acids is 1. The van der Waals surface area contributed by atoms with Crippen molar-refractivity contribution in [2.75, 3.05) is 18.6 Å². The number of hydrogen-bond acceptors (Lipinski definition) is 5. The molecule has 1 atom stereocenters. The first-order valence-electron chi connectivity index (χ1n) is 7.56. The Labute approximate surface area is 145 Å². The molecule has 8 heteroatoms. The normalized spacial score (nSPS) is 17.1. The summed E-state index contributed by atoms with van der Waals surface area (Å²) in [5, 5.41) is 11.2. The van der Waals surface area contributed by atoms with Crippen molar-refractivity contribution in [3.8, 4) is 0 Å². The Morgan fingerprint density at radius 3 is 2.50 bits per heavy atom. The molecule has 2 rings (SSSR count). The third-order valence-electron chi connectivity index (χ3n) is 3.93. The average molecular weight is 371 g/mol. The zero-order valence-corrected chi connectivity index (χ0v) is 15.2. The van der Waals surface area contributed by atoms with Gasteiger partial charge in [-0.15, -0.1) is 11.8 Å². The van der Waals surface area contributed by atoms with E-state index in [4.69, 9.17) is 5.11 Å². The van der Waals surface area contributed by atoms with Gasteiger partial charge in [0.1, 0.15) is 15.1 Å². The minimum absolute atomic E-state index is 0.0761. The third kappa shape index (κ3) is 5.24. The lowest BCUT2D eigenvalue weighted by Crippen LogP contribution is -2.33. The molecule has 24 heavy (non-hydrogen) atoms. The summed E-state index contributed by atoms with van der Waals surface area (Å²) in [5.74, 6) is -1.18. The van der Waals surface area contributed by atoms with Crippen LogP contribution in [0.1, 0.15) is 30.1 Å². The van der Waals surface area contributed by atoms with Crippen molar-refractivity contribution in [1.82, 2.24) is 5.32 Å². The third-order valence-corrected chi connectivity index (χ3v) is 6.23. The van der Waals surface area contributed by atoms with Crippen LogP contribution >= 0.6 is 11.8 Å². The zero-order chi connectivity index (χ0) is 18.0. The maximum absolute atomic E-state index is 12.4. The van der Waals surface area contributed by atoms with Gasteiger partial charge < -0.3 is 10.4 Å². The molecule has 132 valence electrons. The van der Waals surface area contributed by atoms with Gasteiger partial charge in [0, 0.05) is 23.1 Å². The Balaban J connectivity index is 2.04. The van der Waals surface area contributed by atoms with Gasteiger partial charge in [0.25, 0.3) is 5.91 Å². The van der Waals surface area contributed by atoms with Crippen LogP contribution in [0.5, 0.6) is 0 Å². The minimum atomic E-state index is -3.09. The number of carboxylic acid groups (broad SMARTS) is 1. The van der Waals surface area contributed by atoms with Crippen molar-refractivity contribution >= 4 is 33.5 Å². The Bertz CT molecular complexity index is 741. The Morgan fingerprint density at radius 2 is 1.96 bits per heavy atom. The van der Waals surface area contributed by atoms with Crippen LogP contribution in [0.4, 0.5) is 0 Å². The van der Waals surface area contributed by atoms with Gasteiger partial charge in [-0.2, -0.15) is 0 Å². The summed E-state index contributed by atoms with van der Waals surface area (Å²) in [5.41, 5.74) is 0.0606. The van der Waals surface area contributed by atoms with Crippen LogP contribution in [0.25, 0.3) is 0 Å². The number of nitrogens with one attached hydrogen (secondary N) is 1. The molecule has 1 aliphatic carbocycles. The van der Waals surface area contributed by atoms with Crippen LogP contribution in [0.3, 0.4) is 0 Å². The summed E-state index contributed by atoms with van der Waals surface area (Å²) in [6.07, 6.45) is 2.77. The molecule has 1 aliphatic rings. The number of thioether (sulfide) groups is 1. The van der Waals surface area contributed by atoms with E-state index in [9.17, 15) is 18.0 Å². The lowest BCUT2D eigenvalue weighted by atomic mass is 10.1. The van der Waals surface area contributed by atoms with Crippen molar-refractivity contribution in [2.24, 2.45) is 5.41 Å². The molecular formula is C16H21NO5S2. The largest absolute Gasteiger partial charge is 0.480 e. The smallest absolute Gasteiger partial charge is 0.316 e. The highest BCUT2D eigenvalue weighted by Gasteiger charge is 2.45. The predicted octanol–water partition coefficient (Wildman–Crippen LogP) is 1.81. The van der Waals surface area contributed by atoms with Gasteiger partial charge in [-0.3, -0.25) is 9.59 Å². The van der Waals surface area contributed by atoms with Crippen LogP contribution < -0.4 is 5.32 Å². The van der Waals surface area contributed by atoms with Crippen LogP contribution in [-0.4, -0.2) is 49.2 Å². The first-order chi connectivity index (χ1) is 11.1. The van der Waals surface area contributed by atoms with Gasteiger partial charge in [0.2, 0.25) is 0 Å². The minimum Gasteiger partial charge on any atom is -0.480 e. The van der Waals surface area contributed by atoms with Crippen molar-refractivity contribution in [3.63, 3.8) is 0 Å². The molecule has 2 N–H and O–H groups in total. The lowest BCUT2D eigenvalue weighted by Gasteiger charge is -2.16. The second-order valence-corrected chi connectivity index (χ2v) is 9.87. The molecule has 1 unspecified atom stereocenters. The summed E-state index contributed by atoms with van der Waals surface area (Å²) >= 11 is 1.11. The molecule has 0 spiro atoms. The van der Waals surface area contributed by atoms with E-state index < -0.39 is 21.1 Å². The summed E-state index contributed by atoms with van der Waals surface area (Å²) in [4.78, 5) is 24.0. The molecular weight excluding hydrogens is 350 g/mol. The van der Waals surface area contributed by atoms with E-state index in [1.165, 1.54) is 6.26 Å². The number of benzene rings is 1. The predicted molar refractivity (Wildman–Crippen MR) is 93.1 cm³/mol. The molecule has 0 heterocycles. The molecule has 1 aromatic rings. The summed E-state index contributed by atoms with van der Waals surface area (Å²) in [7, 11) is -3.09. The van der Waals surface area contributed by atoms with E-state index in [1.807, 2.05) is 0 Å². The monoisotopic (exact) mass is 371 g/mol. The highest BCUT2D eigenvalue weighted by Crippen LogP contribution is 2.46. The summed E-state index contributed by atoms with van der Waals surface area (Å²) < 4.78 is 22.9.